The van der Waals surface area contributed by atoms with Gasteiger partial charge in [-0.1, -0.05) is 152 Å². The third-order valence-electron chi connectivity index (χ3n) is 11.0. The first-order valence-electron chi connectivity index (χ1n) is 19.0. The number of hydrogen-bond acceptors (Lipinski definition) is 2. The van der Waals surface area contributed by atoms with Crippen molar-refractivity contribution in [3.63, 3.8) is 0 Å². The van der Waals surface area contributed by atoms with Crippen molar-refractivity contribution in [2.24, 2.45) is 0 Å². The van der Waals surface area contributed by atoms with E-state index in [4.69, 9.17) is 9.97 Å². The Labute approximate surface area is 324 Å². The van der Waals surface area contributed by atoms with Gasteiger partial charge in [0, 0.05) is 44.4 Å². The van der Waals surface area contributed by atoms with Gasteiger partial charge in [-0.15, -0.1) is 0 Å². The molecule has 0 aliphatic rings. The smallest absolute Gasteiger partial charge is 0.162 e. The minimum Gasteiger partial charge on any atom is -0.309 e. The highest BCUT2D eigenvalue weighted by Gasteiger charge is 2.18. The maximum atomic E-state index is 5.29. The van der Waals surface area contributed by atoms with Crippen LogP contribution in [0.15, 0.2) is 206 Å². The standard InChI is InChI=1S/C52H34N4/c1-4-14-35(15-5-1)36-24-26-38(27-25-36)52-53-46(37-16-6-2-7-17-37)34-51(54-52)56-48-23-13-11-21-43(48)45-33-40(29-31-50(45)56)39-28-30-49-44(32-39)42-20-10-12-22-47(42)55(49)41-18-8-3-9-19-41/h1-34H. The van der Waals surface area contributed by atoms with Gasteiger partial charge in [-0.05, 0) is 70.8 Å². The Morgan fingerprint density at radius 1 is 0.286 bits per heavy atom. The van der Waals surface area contributed by atoms with Gasteiger partial charge in [0.2, 0.25) is 0 Å². The van der Waals surface area contributed by atoms with E-state index < -0.39 is 0 Å². The van der Waals surface area contributed by atoms with Gasteiger partial charge >= 0.3 is 0 Å². The Morgan fingerprint density at radius 2 is 0.732 bits per heavy atom. The molecule has 4 nitrogen and oxygen atoms in total. The predicted molar refractivity (Wildman–Crippen MR) is 232 cm³/mol. The van der Waals surface area contributed by atoms with Gasteiger partial charge in [0.05, 0.1) is 27.8 Å². The summed E-state index contributed by atoms with van der Waals surface area (Å²) in [5.41, 5.74) is 13.3. The van der Waals surface area contributed by atoms with Crippen molar-refractivity contribution in [3.05, 3.63) is 206 Å². The molecular formula is C52H34N4. The van der Waals surface area contributed by atoms with Crippen LogP contribution in [0, 0.1) is 0 Å². The molecule has 0 unspecified atom stereocenters. The van der Waals surface area contributed by atoms with Crippen molar-refractivity contribution >= 4 is 43.6 Å². The van der Waals surface area contributed by atoms with Crippen LogP contribution < -0.4 is 0 Å². The number of fused-ring (bicyclic) bond motifs is 6. The molecule has 0 spiro atoms. The molecule has 56 heavy (non-hydrogen) atoms. The molecule has 11 rings (SSSR count). The number of benzene rings is 8. The van der Waals surface area contributed by atoms with Gasteiger partial charge in [0.25, 0.3) is 0 Å². The fourth-order valence-electron chi connectivity index (χ4n) is 8.28. The molecule has 4 heteroatoms. The summed E-state index contributed by atoms with van der Waals surface area (Å²) in [6.07, 6.45) is 0. The number of nitrogens with zero attached hydrogens (tertiary/aromatic N) is 4. The lowest BCUT2D eigenvalue weighted by Gasteiger charge is -2.12. The van der Waals surface area contributed by atoms with Crippen LogP contribution in [0.3, 0.4) is 0 Å². The molecular weight excluding hydrogens is 681 g/mol. The molecule has 0 amide bonds. The third kappa shape index (κ3) is 5.31. The largest absolute Gasteiger partial charge is 0.309 e. The van der Waals surface area contributed by atoms with Crippen molar-refractivity contribution in [1.82, 2.24) is 19.1 Å². The Morgan fingerprint density at radius 3 is 1.36 bits per heavy atom. The molecule has 0 saturated heterocycles. The van der Waals surface area contributed by atoms with E-state index in [1.807, 2.05) is 12.1 Å². The second kappa shape index (κ2) is 13.1. The van der Waals surface area contributed by atoms with Gasteiger partial charge in [-0.3, -0.25) is 4.57 Å². The maximum absolute atomic E-state index is 5.29. The summed E-state index contributed by atoms with van der Waals surface area (Å²) in [5, 5.41) is 4.84. The van der Waals surface area contributed by atoms with Gasteiger partial charge in [-0.2, -0.15) is 0 Å². The molecule has 0 aliphatic heterocycles. The fraction of sp³-hybridized carbons (Fsp3) is 0. The normalized spacial score (nSPS) is 11.6. The quantitative estimate of drug-likeness (QED) is 0.172. The van der Waals surface area contributed by atoms with Crippen LogP contribution in [0.5, 0.6) is 0 Å². The molecule has 3 aromatic heterocycles. The Hall–Kier alpha value is -7.56. The second-order valence-electron chi connectivity index (χ2n) is 14.2. The molecule has 3 heterocycles. The van der Waals surface area contributed by atoms with Crippen molar-refractivity contribution in [2.75, 3.05) is 0 Å². The van der Waals surface area contributed by atoms with E-state index in [1.54, 1.807) is 0 Å². The Kier molecular flexibility index (Phi) is 7.46. The summed E-state index contributed by atoms with van der Waals surface area (Å²) in [6, 6.07) is 73.2. The molecule has 0 fully saturated rings. The maximum Gasteiger partial charge on any atom is 0.162 e. The van der Waals surface area contributed by atoms with E-state index in [9.17, 15) is 0 Å². The monoisotopic (exact) mass is 714 g/mol. The van der Waals surface area contributed by atoms with Crippen molar-refractivity contribution in [3.8, 4) is 56.4 Å². The molecule has 8 aromatic carbocycles. The summed E-state index contributed by atoms with van der Waals surface area (Å²) in [4.78, 5) is 10.4. The van der Waals surface area contributed by atoms with Crippen LogP contribution >= 0.6 is 0 Å². The van der Waals surface area contributed by atoms with Crippen molar-refractivity contribution in [2.45, 2.75) is 0 Å². The van der Waals surface area contributed by atoms with Gasteiger partial charge in [0.1, 0.15) is 5.82 Å². The molecule has 0 saturated carbocycles. The average molecular weight is 715 g/mol. The highest BCUT2D eigenvalue weighted by atomic mass is 15.1. The van der Waals surface area contributed by atoms with Crippen LogP contribution in [0.2, 0.25) is 0 Å². The number of rotatable bonds is 6. The van der Waals surface area contributed by atoms with Crippen molar-refractivity contribution in [1.29, 1.82) is 0 Å². The Bertz CT molecular complexity index is 3220. The molecule has 0 radical (unpaired) electrons. The molecule has 262 valence electrons. The molecule has 0 bridgehead atoms. The highest BCUT2D eigenvalue weighted by Crippen LogP contribution is 2.39. The average Bonchev–Trinajstić information content (AvgIpc) is 3.79. The third-order valence-corrected chi connectivity index (χ3v) is 11.0. The summed E-state index contributed by atoms with van der Waals surface area (Å²) in [5.74, 6) is 1.52. The van der Waals surface area contributed by atoms with Crippen LogP contribution in [0.4, 0.5) is 0 Å². The fourth-order valence-corrected chi connectivity index (χ4v) is 8.28. The minimum absolute atomic E-state index is 0.687. The summed E-state index contributed by atoms with van der Waals surface area (Å²) < 4.78 is 4.66. The van der Waals surface area contributed by atoms with E-state index in [0.29, 0.717) is 5.82 Å². The molecule has 0 aliphatic carbocycles. The van der Waals surface area contributed by atoms with Crippen molar-refractivity contribution < 1.29 is 0 Å². The van der Waals surface area contributed by atoms with Crippen LogP contribution in [0.25, 0.3) is 100 Å². The van der Waals surface area contributed by atoms with Gasteiger partial charge in [-0.25, -0.2) is 9.97 Å². The SMILES string of the molecule is c1ccc(-c2ccc(-c3nc(-c4ccccc4)cc(-n4c5ccccc5c5cc(-c6ccc7c(c6)c6ccccc6n7-c6ccccc6)ccc54)n3)cc2)cc1. The minimum atomic E-state index is 0.687. The lowest BCUT2D eigenvalue weighted by atomic mass is 10.0. The first-order chi connectivity index (χ1) is 27.8. The molecule has 0 N–H and O–H groups in total. The van der Waals surface area contributed by atoms with Crippen LogP contribution in [-0.2, 0) is 0 Å². The first kappa shape index (κ1) is 31.9. The van der Waals surface area contributed by atoms with E-state index in [1.165, 1.54) is 49.3 Å². The lowest BCUT2D eigenvalue weighted by Crippen LogP contribution is -2.02. The highest BCUT2D eigenvalue weighted by molar-refractivity contribution is 6.12. The van der Waals surface area contributed by atoms with Gasteiger partial charge < -0.3 is 4.57 Å². The van der Waals surface area contributed by atoms with Crippen LogP contribution in [-0.4, -0.2) is 19.1 Å². The summed E-state index contributed by atoms with van der Waals surface area (Å²) in [7, 11) is 0. The molecule has 11 aromatic rings. The number of hydrogen-bond donors (Lipinski definition) is 0. The van der Waals surface area contributed by atoms with Crippen LogP contribution in [0.1, 0.15) is 0 Å². The number of para-hydroxylation sites is 3. The molecule has 0 atom stereocenters. The summed E-state index contributed by atoms with van der Waals surface area (Å²) >= 11 is 0. The van der Waals surface area contributed by atoms with E-state index >= 15 is 0 Å². The Balaban J connectivity index is 1.07. The zero-order valence-corrected chi connectivity index (χ0v) is 30.4. The first-order valence-corrected chi connectivity index (χ1v) is 19.0. The zero-order chi connectivity index (χ0) is 37.0. The lowest BCUT2D eigenvalue weighted by molar-refractivity contribution is 1.05. The summed E-state index contributed by atoms with van der Waals surface area (Å²) in [6.45, 7) is 0. The number of aromatic nitrogens is 4. The van der Waals surface area contributed by atoms with E-state index in [-0.39, 0.29) is 0 Å². The van der Waals surface area contributed by atoms with E-state index in [2.05, 4.69) is 203 Å². The van der Waals surface area contributed by atoms with Gasteiger partial charge in [0.15, 0.2) is 5.82 Å². The van der Waals surface area contributed by atoms with E-state index in [0.717, 1.165) is 44.9 Å². The zero-order valence-electron chi connectivity index (χ0n) is 30.4. The predicted octanol–water partition coefficient (Wildman–Crippen LogP) is 13.3. The second-order valence-corrected chi connectivity index (χ2v) is 14.2. The topological polar surface area (TPSA) is 35.6 Å².